The van der Waals surface area contributed by atoms with Crippen molar-refractivity contribution in [2.24, 2.45) is 5.92 Å². The third-order valence-corrected chi connectivity index (χ3v) is 7.33. The lowest BCUT2D eigenvalue weighted by molar-refractivity contribution is 0.0932. The third kappa shape index (κ3) is 5.91. The van der Waals surface area contributed by atoms with Gasteiger partial charge in [-0.2, -0.15) is 0 Å². The molecule has 4 aromatic rings. The van der Waals surface area contributed by atoms with Crippen LogP contribution in [0.1, 0.15) is 36.6 Å². The highest BCUT2D eigenvalue weighted by molar-refractivity contribution is 5.75. The maximum atomic E-state index is 12.9. The van der Waals surface area contributed by atoms with Crippen LogP contribution < -0.4 is 5.69 Å². The molecule has 8 heteroatoms. The highest BCUT2D eigenvalue weighted by Gasteiger charge is 2.34. The van der Waals surface area contributed by atoms with Crippen molar-refractivity contribution in [2.75, 3.05) is 19.6 Å². The number of nitrogens with one attached hydrogen (secondary N) is 1. The number of para-hydroxylation sites is 2. The number of amides is 1. The van der Waals surface area contributed by atoms with Crippen LogP contribution in [0.3, 0.4) is 0 Å². The average molecular weight is 500 g/mol. The first-order valence-corrected chi connectivity index (χ1v) is 12.9. The topological polar surface area (TPSA) is 94.5 Å². The number of aromatic amines is 1. The zero-order valence-corrected chi connectivity index (χ0v) is 20.9. The van der Waals surface area contributed by atoms with Gasteiger partial charge in [-0.3, -0.25) is 14.5 Å². The minimum absolute atomic E-state index is 0.0439. The smallest absolute Gasteiger partial charge is 0.407 e. The van der Waals surface area contributed by atoms with E-state index in [1.54, 1.807) is 0 Å². The maximum Gasteiger partial charge on any atom is 0.407 e. The van der Waals surface area contributed by atoms with Gasteiger partial charge in [0.25, 0.3) is 0 Å². The molecule has 37 heavy (non-hydrogen) atoms. The van der Waals surface area contributed by atoms with Crippen molar-refractivity contribution in [3.8, 4) is 0 Å². The molecule has 8 nitrogen and oxygen atoms in total. The Labute approximate surface area is 216 Å². The van der Waals surface area contributed by atoms with Gasteiger partial charge >= 0.3 is 11.8 Å². The van der Waals surface area contributed by atoms with Gasteiger partial charge in [0.2, 0.25) is 0 Å². The second-order valence-electron chi connectivity index (χ2n) is 9.82. The summed E-state index contributed by atoms with van der Waals surface area (Å²) < 4.78 is 1.86. The number of piperidine rings is 1. The minimum atomic E-state index is -0.893. The Morgan fingerprint density at radius 1 is 1.03 bits per heavy atom. The fourth-order valence-electron chi connectivity index (χ4n) is 5.57. The Balaban J connectivity index is 1.33. The second kappa shape index (κ2) is 11.4. The molecular weight excluding hydrogens is 466 g/mol. The Kier molecular flexibility index (Phi) is 7.65. The van der Waals surface area contributed by atoms with Crippen molar-refractivity contribution >= 4 is 17.1 Å². The van der Waals surface area contributed by atoms with E-state index in [0.29, 0.717) is 19.5 Å². The number of likely N-dealkylation sites (tertiary alicyclic amines) is 1. The molecule has 1 aliphatic rings. The number of aromatic nitrogens is 3. The van der Waals surface area contributed by atoms with Crippen LogP contribution in [0.5, 0.6) is 0 Å². The number of H-pyrrole nitrogens is 1. The first-order valence-electron chi connectivity index (χ1n) is 12.9. The van der Waals surface area contributed by atoms with E-state index in [1.165, 1.54) is 10.5 Å². The first-order chi connectivity index (χ1) is 18.1. The van der Waals surface area contributed by atoms with Crippen LogP contribution in [0.25, 0.3) is 11.0 Å². The van der Waals surface area contributed by atoms with Crippen molar-refractivity contribution in [2.45, 2.75) is 38.4 Å². The number of hydrogen-bond donors (Lipinski definition) is 2. The Bertz CT molecular complexity index is 1330. The molecule has 2 atom stereocenters. The molecule has 192 valence electrons. The van der Waals surface area contributed by atoms with E-state index in [-0.39, 0.29) is 17.6 Å². The molecule has 1 amide bonds. The molecule has 0 spiro atoms. The van der Waals surface area contributed by atoms with Gasteiger partial charge in [-0.25, -0.2) is 9.59 Å². The van der Waals surface area contributed by atoms with Gasteiger partial charge in [-0.15, -0.1) is 0 Å². The predicted molar refractivity (Wildman–Crippen MR) is 143 cm³/mol. The highest BCUT2D eigenvalue weighted by atomic mass is 16.4. The van der Waals surface area contributed by atoms with Crippen LogP contribution in [0, 0.1) is 5.92 Å². The Morgan fingerprint density at radius 3 is 2.59 bits per heavy atom. The van der Waals surface area contributed by atoms with Crippen LogP contribution in [0.2, 0.25) is 0 Å². The molecule has 1 saturated heterocycles. The van der Waals surface area contributed by atoms with Gasteiger partial charge in [0.1, 0.15) is 0 Å². The van der Waals surface area contributed by atoms with Crippen molar-refractivity contribution < 1.29 is 9.90 Å². The van der Waals surface area contributed by atoms with Crippen molar-refractivity contribution in [1.82, 2.24) is 24.3 Å². The van der Waals surface area contributed by atoms with E-state index < -0.39 is 6.09 Å². The molecule has 1 fully saturated rings. The number of carboxylic acid groups (broad SMARTS) is 1. The zero-order valence-electron chi connectivity index (χ0n) is 20.9. The molecule has 5 rings (SSSR count). The average Bonchev–Trinajstić information content (AvgIpc) is 3.25. The normalized spacial score (nSPS) is 17.9. The van der Waals surface area contributed by atoms with Crippen molar-refractivity contribution in [3.05, 3.63) is 101 Å². The predicted octanol–water partition coefficient (Wildman–Crippen LogP) is 4.75. The molecule has 1 aliphatic heterocycles. The molecule has 2 N–H and O–H groups in total. The van der Waals surface area contributed by atoms with Gasteiger partial charge in [0.05, 0.1) is 16.7 Å². The lowest BCUT2D eigenvalue weighted by atomic mass is 9.87. The Hall–Kier alpha value is -3.91. The summed E-state index contributed by atoms with van der Waals surface area (Å²) in [5, 5.41) is 9.68. The molecule has 0 bridgehead atoms. The van der Waals surface area contributed by atoms with E-state index in [1.807, 2.05) is 59.3 Å². The summed E-state index contributed by atoms with van der Waals surface area (Å²) in [4.78, 5) is 36.1. The zero-order chi connectivity index (χ0) is 25.6. The standard InChI is InChI=1S/C29H33N5O3/c35-28-31-25-13-4-5-14-27(25)34(28)26-15-18-33(29(36)37)20-23(26)11-8-17-32(19-22-9-2-1-3-10-22)21-24-12-6-7-16-30-24/h1-7,9-10,12-14,16,23,26H,8,11,15,17-21H2,(H,31,35)(H,36,37)/t23?,26-/m0/s1. The molecule has 1 unspecified atom stereocenters. The fraction of sp³-hybridized carbons (Fsp3) is 0.345. The van der Waals surface area contributed by atoms with E-state index in [4.69, 9.17) is 0 Å². The Morgan fingerprint density at radius 2 is 1.81 bits per heavy atom. The van der Waals surface area contributed by atoms with E-state index >= 15 is 0 Å². The quantitative estimate of drug-likeness (QED) is 0.347. The van der Waals surface area contributed by atoms with E-state index in [2.05, 4.69) is 39.1 Å². The van der Waals surface area contributed by atoms with E-state index in [0.717, 1.165) is 49.2 Å². The summed E-state index contributed by atoms with van der Waals surface area (Å²) in [6.45, 7) is 3.28. The maximum absolute atomic E-state index is 12.9. The SMILES string of the molecule is O=C(O)N1CC[C@H](n2c(=O)[nH]c3ccccc32)C(CCCN(Cc2ccccc2)Cc2ccccn2)C1. The summed E-state index contributed by atoms with van der Waals surface area (Å²) in [7, 11) is 0. The van der Waals surface area contributed by atoms with Crippen LogP contribution in [-0.4, -0.2) is 55.2 Å². The number of nitrogens with zero attached hydrogens (tertiary/aromatic N) is 4. The molecule has 0 saturated carbocycles. The molecule has 0 aliphatic carbocycles. The van der Waals surface area contributed by atoms with Crippen molar-refractivity contribution in [3.63, 3.8) is 0 Å². The van der Waals surface area contributed by atoms with E-state index in [9.17, 15) is 14.7 Å². The van der Waals surface area contributed by atoms with Gasteiger partial charge < -0.3 is 15.0 Å². The van der Waals surface area contributed by atoms with Crippen molar-refractivity contribution in [1.29, 1.82) is 0 Å². The third-order valence-electron chi connectivity index (χ3n) is 7.33. The first kappa shape index (κ1) is 24.8. The monoisotopic (exact) mass is 499 g/mol. The molecule has 3 heterocycles. The second-order valence-corrected chi connectivity index (χ2v) is 9.82. The van der Waals surface area contributed by atoms with Crippen LogP contribution in [0.4, 0.5) is 4.79 Å². The summed E-state index contributed by atoms with van der Waals surface area (Å²) in [6, 6.07) is 24.1. The van der Waals surface area contributed by atoms with Gasteiger partial charge in [-0.1, -0.05) is 48.5 Å². The number of carbonyl (C=O) groups is 1. The van der Waals surface area contributed by atoms with Gasteiger partial charge in [0.15, 0.2) is 0 Å². The summed E-state index contributed by atoms with van der Waals surface area (Å²) >= 11 is 0. The molecule has 2 aromatic heterocycles. The fourth-order valence-corrected chi connectivity index (χ4v) is 5.57. The number of hydrogen-bond acceptors (Lipinski definition) is 4. The van der Waals surface area contributed by atoms with Gasteiger partial charge in [-0.05, 0) is 61.6 Å². The largest absolute Gasteiger partial charge is 0.465 e. The number of rotatable bonds is 9. The number of imidazole rings is 1. The number of fused-ring (bicyclic) bond motifs is 1. The summed E-state index contributed by atoms with van der Waals surface area (Å²) in [5.74, 6) is 0.0511. The van der Waals surface area contributed by atoms with Gasteiger partial charge in [0, 0.05) is 38.4 Å². The van der Waals surface area contributed by atoms with Crippen LogP contribution in [-0.2, 0) is 13.1 Å². The molecule has 2 aromatic carbocycles. The van der Waals surface area contributed by atoms with Crippen LogP contribution in [0.15, 0.2) is 83.8 Å². The summed E-state index contributed by atoms with van der Waals surface area (Å²) in [5.41, 5.74) is 3.84. The summed E-state index contributed by atoms with van der Waals surface area (Å²) in [6.07, 6.45) is 3.28. The molecule has 0 radical (unpaired) electrons. The highest BCUT2D eigenvalue weighted by Crippen LogP contribution is 2.33. The number of pyridine rings is 1. The molecular formula is C29H33N5O3. The lowest BCUT2D eigenvalue weighted by Gasteiger charge is -2.38. The van der Waals surface area contributed by atoms with Crippen LogP contribution >= 0.6 is 0 Å². The minimum Gasteiger partial charge on any atom is -0.465 e. The lowest BCUT2D eigenvalue weighted by Crippen LogP contribution is -2.45. The number of benzene rings is 2.